The van der Waals surface area contributed by atoms with Gasteiger partial charge in [-0.15, -0.1) is 0 Å². The summed E-state index contributed by atoms with van der Waals surface area (Å²) in [4.78, 5) is 10.3. The van der Waals surface area contributed by atoms with Crippen LogP contribution in [0.5, 0.6) is 0 Å². The molecule has 0 aliphatic rings. The molecule has 0 radical (unpaired) electrons. The minimum atomic E-state index is -0.698. The third kappa shape index (κ3) is 14.9. The summed E-state index contributed by atoms with van der Waals surface area (Å²) in [5, 5.41) is 8.46. The van der Waals surface area contributed by atoms with Gasteiger partial charge in [0.05, 0.1) is 0 Å². The molecule has 0 unspecified atom stereocenters. The molecule has 0 saturated carbocycles. The number of carboxylic acid groups (broad SMARTS) is 1. The van der Waals surface area contributed by atoms with E-state index in [1.54, 1.807) is 0 Å². The molecule has 0 aromatic rings. The van der Waals surface area contributed by atoms with E-state index in [0.29, 0.717) is 0 Å². The van der Waals surface area contributed by atoms with Crippen molar-refractivity contribution < 1.29 is 9.90 Å². The van der Waals surface area contributed by atoms with Crippen LogP contribution in [0, 0.1) is 0 Å². The van der Waals surface area contributed by atoms with Crippen LogP contribution in [0.15, 0.2) is 24.3 Å². The number of aliphatic carboxylic acids is 1. The Bertz CT molecular complexity index is 241. The van der Waals surface area contributed by atoms with Crippen LogP contribution in [-0.4, -0.2) is 11.1 Å². The molecule has 104 valence electrons. The second-order valence-corrected chi connectivity index (χ2v) is 4.66. The van der Waals surface area contributed by atoms with Crippen molar-refractivity contribution in [1.82, 2.24) is 0 Å². The number of rotatable bonds is 12. The predicted octanol–water partition coefficient (Wildman–Crippen LogP) is 5.10. The lowest BCUT2D eigenvalue weighted by molar-refractivity contribution is -0.137. The van der Waals surface area contributed by atoms with Crippen molar-refractivity contribution in [2.75, 3.05) is 0 Å². The predicted molar refractivity (Wildman–Crippen MR) is 77.8 cm³/mol. The fraction of sp³-hybridized carbons (Fsp3) is 0.688. The van der Waals surface area contributed by atoms with E-state index in [9.17, 15) is 4.79 Å². The summed E-state index contributed by atoms with van der Waals surface area (Å²) >= 11 is 0. The molecule has 0 rings (SSSR count). The van der Waals surface area contributed by atoms with Gasteiger partial charge in [-0.2, -0.15) is 0 Å². The highest BCUT2D eigenvalue weighted by molar-refractivity contribution is 5.66. The maximum absolute atomic E-state index is 10.3. The third-order valence-corrected chi connectivity index (χ3v) is 2.81. The van der Waals surface area contributed by atoms with Gasteiger partial charge in [0.1, 0.15) is 0 Å². The van der Waals surface area contributed by atoms with E-state index in [1.165, 1.54) is 32.1 Å². The molecule has 0 bridgehead atoms. The summed E-state index contributed by atoms with van der Waals surface area (Å²) in [6.07, 6.45) is 19.4. The zero-order valence-corrected chi connectivity index (χ0v) is 11.7. The number of hydrogen-bond donors (Lipinski definition) is 1. The first kappa shape index (κ1) is 16.9. The lowest BCUT2D eigenvalue weighted by Crippen LogP contribution is -1.92. The Kier molecular flexibility index (Phi) is 13.2. The standard InChI is InChI=1S/C16H28O2/c1-2-3-4-5-6-7-8-9-10-11-12-13-14-15-16(17)18/h6-7,11-12H,2-5,8-10,13-15H2,1H3,(H,17,18). The summed E-state index contributed by atoms with van der Waals surface area (Å²) in [6.45, 7) is 2.23. The van der Waals surface area contributed by atoms with Gasteiger partial charge in [-0.3, -0.25) is 4.79 Å². The Morgan fingerprint density at radius 2 is 1.33 bits per heavy atom. The second kappa shape index (κ2) is 14.0. The fourth-order valence-electron chi connectivity index (χ4n) is 1.71. The molecule has 0 aromatic carbocycles. The van der Waals surface area contributed by atoms with Crippen molar-refractivity contribution in [3.8, 4) is 0 Å². The molecular formula is C16H28O2. The molecule has 18 heavy (non-hydrogen) atoms. The first-order chi connectivity index (χ1) is 8.77. The Labute approximate surface area is 112 Å². The summed E-state index contributed by atoms with van der Waals surface area (Å²) in [5.41, 5.74) is 0. The van der Waals surface area contributed by atoms with Gasteiger partial charge in [-0.1, -0.05) is 44.1 Å². The fourth-order valence-corrected chi connectivity index (χ4v) is 1.71. The number of carboxylic acids is 1. The SMILES string of the molecule is CCCCCC=CCCCC=CCCCC(=O)O. The van der Waals surface area contributed by atoms with Gasteiger partial charge in [-0.05, 0) is 44.9 Å². The molecular weight excluding hydrogens is 224 g/mol. The maximum Gasteiger partial charge on any atom is 0.303 e. The number of unbranched alkanes of at least 4 members (excludes halogenated alkanes) is 6. The van der Waals surface area contributed by atoms with Crippen LogP contribution < -0.4 is 0 Å². The molecule has 0 atom stereocenters. The first-order valence-corrected chi connectivity index (χ1v) is 7.29. The highest BCUT2D eigenvalue weighted by atomic mass is 16.4. The molecule has 0 saturated heterocycles. The minimum Gasteiger partial charge on any atom is -0.481 e. The molecule has 2 nitrogen and oxygen atoms in total. The third-order valence-electron chi connectivity index (χ3n) is 2.81. The number of hydrogen-bond acceptors (Lipinski definition) is 1. The zero-order valence-electron chi connectivity index (χ0n) is 11.7. The smallest absolute Gasteiger partial charge is 0.303 e. The van der Waals surface area contributed by atoms with E-state index in [4.69, 9.17) is 5.11 Å². The second-order valence-electron chi connectivity index (χ2n) is 4.66. The van der Waals surface area contributed by atoms with Gasteiger partial charge >= 0.3 is 5.97 Å². The van der Waals surface area contributed by atoms with Crippen LogP contribution >= 0.6 is 0 Å². The van der Waals surface area contributed by atoms with Gasteiger partial charge in [0.15, 0.2) is 0 Å². The van der Waals surface area contributed by atoms with Gasteiger partial charge < -0.3 is 5.11 Å². The average Bonchev–Trinajstić information content (AvgIpc) is 2.34. The highest BCUT2D eigenvalue weighted by Crippen LogP contribution is 2.04. The van der Waals surface area contributed by atoms with Crippen LogP contribution in [0.2, 0.25) is 0 Å². The largest absolute Gasteiger partial charge is 0.481 e. The molecule has 0 amide bonds. The van der Waals surface area contributed by atoms with Crippen molar-refractivity contribution in [3.63, 3.8) is 0 Å². The Morgan fingerprint density at radius 1 is 0.833 bits per heavy atom. The molecule has 0 heterocycles. The van der Waals surface area contributed by atoms with E-state index < -0.39 is 5.97 Å². The van der Waals surface area contributed by atoms with E-state index in [-0.39, 0.29) is 6.42 Å². The molecule has 0 aromatic heterocycles. The summed E-state index contributed by atoms with van der Waals surface area (Å²) in [5.74, 6) is -0.698. The quantitative estimate of drug-likeness (QED) is 0.387. The average molecular weight is 252 g/mol. The first-order valence-electron chi connectivity index (χ1n) is 7.29. The van der Waals surface area contributed by atoms with Crippen molar-refractivity contribution in [3.05, 3.63) is 24.3 Å². The Morgan fingerprint density at radius 3 is 1.83 bits per heavy atom. The summed E-state index contributed by atoms with van der Waals surface area (Å²) in [6, 6.07) is 0. The zero-order chi connectivity index (χ0) is 13.5. The monoisotopic (exact) mass is 252 g/mol. The normalized spacial score (nSPS) is 11.6. The van der Waals surface area contributed by atoms with Crippen molar-refractivity contribution in [2.45, 2.75) is 71.1 Å². The van der Waals surface area contributed by atoms with Crippen LogP contribution in [0.4, 0.5) is 0 Å². The topological polar surface area (TPSA) is 37.3 Å². The highest BCUT2D eigenvalue weighted by Gasteiger charge is 1.92. The van der Waals surface area contributed by atoms with Crippen LogP contribution in [0.1, 0.15) is 71.1 Å². The molecule has 0 aliphatic heterocycles. The number of allylic oxidation sites excluding steroid dienone is 4. The van der Waals surface area contributed by atoms with Crippen LogP contribution in [-0.2, 0) is 4.79 Å². The van der Waals surface area contributed by atoms with Crippen LogP contribution in [0.25, 0.3) is 0 Å². The Hall–Kier alpha value is -1.05. The summed E-state index contributed by atoms with van der Waals surface area (Å²) < 4.78 is 0. The molecule has 2 heteroatoms. The lowest BCUT2D eigenvalue weighted by Gasteiger charge is -1.93. The van der Waals surface area contributed by atoms with Crippen molar-refractivity contribution in [2.24, 2.45) is 0 Å². The Balaban J connectivity index is 3.19. The van der Waals surface area contributed by atoms with Gasteiger partial charge in [0.2, 0.25) is 0 Å². The van der Waals surface area contributed by atoms with Gasteiger partial charge in [0.25, 0.3) is 0 Å². The van der Waals surface area contributed by atoms with E-state index in [1.807, 2.05) is 0 Å². The van der Waals surface area contributed by atoms with Crippen molar-refractivity contribution >= 4 is 5.97 Å². The molecule has 0 fully saturated rings. The van der Waals surface area contributed by atoms with E-state index in [2.05, 4.69) is 31.2 Å². The minimum absolute atomic E-state index is 0.283. The number of carbonyl (C=O) groups is 1. The summed E-state index contributed by atoms with van der Waals surface area (Å²) in [7, 11) is 0. The van der Waals surface area contributed by atoms with E-state index >= 15 is 0 Å². The van der Waals surface area contributed by atoms with Gasteiger partial charge in [-0.25, -0.2) is 0 Å². The molecule has 0 spiro atoms. The van der Waals surface area contributed by atoms with E-state index in [0.717, 1.165) is 25.7 Å². The van der Waals surface area contributed by atoms with Crippen molar-refractivity contribution in [1.29, 1.82) is 0 Å². The lowest BCUT2D eigenvalue weighted by atomic mass is 10.1. The molecule has 0 aliphatic carbocycles. The maximum atomic E-state index is 10.3. The van der Waals surface area contributed by atoms with Crippen LogP contribution in [0.3, 0.4) is 0 Å². The molecule has 1 N–H and O–H groups in total. The van der Waals surface area contributed by atoms with Gasteiger partial charge in [0, 0.05) is 6.42 Å².